The highest BCUT2D eigenvalue weighted by atomic mass is 16.3. The molecular formula is C19H28N2O. The van der Waals surface area contributed by atoms with E-state index in [-0.39, 0.29) is 16.9 Å². The number of hydrogen-bond acceptors (Lipinski definition) is 3. The first-order valence-corrected chi connectivity index (χ1v) is 8.77. The fraction of sp³-hybridized carbons (Fsp3) is 0.684. The smallest absolute Gasteiger partial charge is 0.0889 e. The molecule has 3 nitrogen and oxygen atoms in total. The summed E-state index contributed by atoms with van der Waals surface area (Å²) in [6.45, 7) is 10.9. The van der Waals surface area contributed by atoms with Gasteiger partial charge in [0.1, 0.15) is 0 Å². The Morgan fingerprint density at radius 3 is 1.95 bits per heavy atom. The van der Waals surface area contributed by atoms with E-state index in [0.29, 0.717) is 6.17 Å². The molecule has 0 radical (unpaired) electrons. The summed E-state index contributed by atoms with van der Waals surface area (Å²) in [6.07, 6.45) is 2.42. The Bertz CT molecular complexity index is 545. The Hall–Kier alpha value is -0.900. The maximum atomic E-state index is 11.1. The molecule has 0 atom stereocenters. The molecule has 0 amide bonds. The molecule has 4 fully saturated rings. The van der Waals surface area contributed by atoms with E-state index in [4.69, 9.17) is 0 Å². The normalized spacial score (nSPS) is 46.2. The molecule has 0 unspecified atom stereocenters. The maximum absolute atomic E-state index is 11.1. The maximum Gasteiger partial charge on any atom is 0.0889 e. The Kier molecular flexibility index (Phi) is 3.20. The number of aliphatic hydroxyl groups excluding tert-OH is 1. The third-order valence-electron chi connectivity index (χ3n) is 6.80. The van der Waals surface area contributed by atoms with Gasteiger partial charge in [0.25, 0.3) is 0 Å². The molecule has 5 rings (SSSR count). The minimum absolute atomic E-state index is 0.0751. The van der Waals surface area contributed by atoms with E-state index in [2.05, 4.69) is 54.8 Å². The van der Waals surface area contributed by atoms with Gasteiger partial charge in [0.2, 0.25) is 0 Å². The highest BCUT2D eigenvalue weighted by Crippen LogP contribution is 2.57. The van der Waals surface area contributed by atoms with Crippen LogP contribution in [0.15, 0.2) is 24.3 Å². The highest BCUT2D eigenvalue weighted by Gasteiger charge is 2.64. The van der Waals surface area contributed by atoms with Gasteiger partial charge in [-0.3, -0.25) is 9.80 Å². The van der Waals surface area contributed by atoms with Crippen LogP contribution in [0.3, 0.4) is 0 Å². The number of aryl methyl sites for hydroxylation is 1. The van der Waals surface area contributed by atoms with Crippen LogP contribution in [0.1, 0.15) is 44.0 Å². The van der Waals surface area contributed by atoms with Crippen molar-refractivity contribution in [3.63, 3.8) is 0 Å². The summed E-state index contributed by atoms with van der Waals surface area (Å²) in [6, 6.07) is 8.80. The van der Waals surface area contributed by atoms with Crippen molar-refractivity contribution >= 4 is 0 Å². The first kappa shape index (κ1) is 14.7. The van der Waals surface area contributed by atoms with Crippen molar-refractivity contribution in [2.75, 3.05) is 26.2 Å². The lowest BCUT2D eigenvalue weighted by molar-refractivity contribution is -0.266. The van der Waals surface area contributed by atoms with Gasteiger partial charge in [-0.15, -0.1) is 0 Å². The molecule has 0 saturated carbocycles. The zero-order valence-corrected chi connectivity index (χ0v) is 14.0. The van der Waals surface area contributed by atoms with Gasteiger partial charge in [-0.1, -0.05) is 38.1 Å². The molecule has 22 heavy (non-hydrogen) atoms. The van der Waals surface area contributed by atoms with Crippen molar-refractivity contribution < 1.29 is 5.11 Å². The van der Waals surface area contributed by atoms with Gasteiger partial charge in [0.05, 0.1) is 12.3 Å². The average Bonchev–Trinajstić information content (AvgIpc) is 2.52. The fourth-order valence-electron chi connectivity index (χ4n) is 5.51. The van der Waals surface area contributed by atoms with Gasteiger partial charge in [0, 0.05) is 37.0 Å². The summed E-state index contributed by atoms with van der Waals surface area (Å²) < 4.78 is 0. The van der Waals surface area contributed by atoms with Crippen molar-refractivity contribution in [1.29, 1.82) is 0 Å². The molecule has 4 aliphatic heterocycles. The number of benzene rings is 1. The standard InChI is InChI=1S/C19H28N2O/c1-4-18-10-20-12-19(5-2,17(18)22)13-21(11-18)16(20)15-9-7-6-8-14(15)3/h6-9,16-17,22H,4-5,10-13H2,1-3H3. The first-order chi connectivity index (χ1) is 10.6. The van der Waals surface area contributed by atoms with Crippen molar-refractivity contribution in [3.8, 4) is 0 Å². The van der Waals surface area contributed by atoms with E-state index in [0.717, 1.165) is 39.0 Å². The Morgan fingerprint density at radius 2 is 1.50 bits per heavy atom. The number of nitrogens with zero attached hydrogens (tertiary/aromatic N) is 2. The lowest BCUT2D eigenvalue weighted by atomic mass is 9.57. The van der Waals surface area contributed by atoms with Crippen LogP contribution < -0.4 is 0 Å². The molecule has 4 bridgehead atoms. The van der Waals surface area contributed by atoms with Gasteiger partial charge >= 0.3 is 0 Å². The van der Waals surface area contributed by atoms with Crippen LogP contribution in [0.25, 0.3) is 0 Å². The largest absolute Gasteiger partial charge is 0.392 e. The van der Waals surface area contributed by atoms with Gasteiger partial charge in [0.15, 0.2) is 0 Å². The summed E-state index contributed by atoms with van der Waals surface area (Å²) >= 11 is 0. The molecule has 1 aromatic rings. The topological polar surface area (TPSA) is 26.7 Å². The molecule has 4 heterocycles. The molecule has 0 aliphatic carbocycles. The number of piperidine rings is 2. The fourth-order valence-corrected chi connectivity index (χ4v) is 5.51. The van der Waals surface area contributed by atoms with Gasteiger partial charge in [-0.25, -0.2) is 0 Å². The number of hydrogen-bond donors (Lipinski definition) is 1. The van der Waals surface area contributed by atoms with Crippen LogP contribution in [0.4, 0.5) is 0 Å². The van der Waals surface area contributed by atoms with Crippen LogP contribution in [0.2, 0.25) is 0 Å². The second-order valence-electron chi connectivity index (χ2n) is 7.87. The van der Waals surface area contributed by atoms with Crippen LogP contribution in [0, 0.1) is 17.8 Å². The zero-order valence-electron chi connectivity index (χ0n) is 14.0. The summed E-state index contributed by atoms with van der Waals surface area (Å²) in [7, 11) is 0. The Labute approximate surface area is 133 Å². The second kappa shape index (κ2) is 4.80. The molecule has 0 aromatic heterocycles. The predicted molar refractivity (Wildman–Crippen MR) is 88.5 cm³/mol. The molecule has 120 valence electrons. The predicted octanol–water partition coefficient (Wildman–Crippen LogP) is 2.79. The summed E-state index contributed by atoms with van der Waals surface area (Å²) in [5.41, 5.74) is 2.99. The van der Waals surface area contributed by atoms with Crippen molar-refractivity contribution in [2.45, 2.75) is 45.9 Å². The molecular weight excluding hydrogens is 272 g/mol. The summed E-state index contributed by atoms with van der Waals surface area (Å²) in [5.74, 6) is 0. The van der Waals surface area contributed by atoms with Crippen LogP contribution in [-0.2, 0) is 0 Å². The SMILES string of the molecule is CCC12CN3CC(CC)(CN(C1)C3c1ccccc1C)C2O. The quantitative estimate of drug-likeness (QED) is 0.930. The highest BCUT2D eigenvalue weighted by molar-refractivity contribution is 5.31. The first-order valence-electron chi connectivity index (χ1n) is 8.77. The van der Waals surface area contributed by atoms with Gasteiger partial charge in [-0.2, -0.15) is 0 Å². The molecule has 0 spiro atoms. The van der Waals surface area contributed by atoms with E-state index in [1.807, 2.05) is 0 Å². The zero-order chi connectivity index (χ0) is 15.5. The van der Waals surface area contributed by atoms with E-state index in [1.54, 1.807) is 0 Å². The number of rotatable bonds is 3. The molecule has 4 saturated heterocycles. The van der Waals surface area contributed by atoms with Crippen molar-refractivity contribution in [1.82, 2.24) is 9.80 Å². The van der Waals surface area contributed by atoms with E-state index >= 15 is 0 Å². The lowest BCUT2D eigenvalue weighted by Crippen LogP contribution is -2.78. The van der Waals surface area contributed by atoms with Gasteiger partial charge < -0.3 is 5.11 Å². The number of aliphatic hydroxyl groups is 1. The van der Waals surface area contributed by atoms with Crippen molar-refractivity contribution in [2.24, 2.45) is 10.8 Å². The van der Waals surface area contributed by atoms with E-state index in [9.17, 15) is 5.11 Å². The monoisotopic (exact) mass is 300 g/mol. The third kappa shape index (κ3) is 1.73. The van der Waals surface area contributed by atoms with E-state index < -0.39 is 0 Å². The molecule has 1 aromatic carbocycles. The Morgan fingerprint density at radius 1 is 1.00 bits per heavy atom. The van der Waals surface area contributed by atoms with Gasteiger partial charge in [-0.05, 0) is 30.9 Å². The summed E-state index contributed by atoms with van der Waals surface area (Å²) in [4.78, 5) is 5.30. The van der Waals surface area contributed by atoms with Crippen LogP contribution in [0.5, 0.6) is 0 Å². The molecule has 3 heteroatoms. The Balaban J connectivity index is 1.76. The van der Waals surface area contributed by atoms with Crippen LogP contribution >= 0.6 is 0 Å². The minimum Gasteiger partial charge on any atom is -0.392 e. The summed E-state index contributed by atoms with van der Waals surface area (Å²) in [5, 5.41) is 11.1. The second-order valence-corrected chi connectivity index (χ2v) is 7.87. The van der Waals surface area contributed by atoms with E-state index in [1.165, 1.54) is 11.1 Å². The molecule has 1 N–H and O–H groups in total. The van der Waals surface area contributed by atoms with Crippen molar-refractivity contribution in [3.05, 3.63) is 35.4 Å². The van der Waals surface area contributed by atoms with Crippen LogP contribution in [-0.4, -0.2) is 47.2 Å². The third-order valence-corrected chi connectivity index (χ3v) is 6.80. The molecule has 4 aliphatic rings. The average molecular weight is 300 g/mol. The minimum atomic E-state index is -0.139. The lowest BCUT2D eigenvalue weighted by Gasteiger charge is -2.69.